The Morgan fingerprint density at radius 1 is 1.03 bits per heavy atom. The largest absolute Gasteiger partial charge is 0.496 e. The van der Waals surface area contributed by atoms with Crippen LogP contribution in [-0.2, 0) is 6.18 Å². The van der Waals surface area contributed by atoms with Crippen LogP contribution in [-0.4, -0.2) is 32.7 Å². The SMILES string of the molecule is COc1ccccc1-c1ccncc1-n1cncc1-c1cc(C(=O)O)cc(C(F)(F)F)c1. The monoisotopic (exact) mass is 439 g/mol. The van der Waals surface area contributed by atoms with E-state index in [4.69, 9.17) is 4.74 Å². The van der Waals surface area contributed by atoms with Gasteiger partial charge in [0, 0.05) is 22.9 Å². The molecule has 1 N–H and O–H groups in total. The smallest absolute Gasteiger partial charge is 0.416 e. The molecule has 4 aromatic rings. The minimum Gasteiger partial charge on any atom is -0.496 e. The van der Waals surface area contributed by atoms with Gasteiger partial charge in [-0.15, -0.1) is 0 Å². The molecule has 2 aromatic heterocycles. The Morgan fingerprint density at radius 2 is 1.81 bits per heavy atom. The summed E-state index contributed by atoms with van der Waals surface area (Å²) in [5.74, 6) is -0.853. The van der Waals surface area contributed by atoms with Crippen LogP contribution in [0.1, 0.15) is 15.9 Å². The van der Waals surface area contributed by atoms with E-state index in [0.717, 1.165) is 11.6 Å². The molecule has 0 aliphatic heterocycles. The number of halogens is 3. The van der Waals surface area contributed by atoms with E-state index in [-0.39, 0.29) is 11.3 Å². The van der Waals surface area contributed by atoms with E-state index in [0.29, 0.717) is 23.1 Å². The number of hydrogen-bond acceptors (Lipinski definition) is 4. The lowest BCUT2D eigenvalue weighted by molar-refractivity contribution is -0.137. The predicted octanol–water partition coefficient (Wildman–Crippen LogP) is 5.33. The summed E-state index contributed by atoms with van der Waals surface area (Å²) in [7, 11) is 1.54. The topological polar surface area (TPSA) is 77.2 Å². The van der Waals surface area contributed by atoms with Crippen LogP contribution in [0.5, 0.6) is 5.75 Å². The number of rotatable bonds is 5. The highest BCUT2D eigenvalue weighted by Crippen LogP contribution is 2.37. The maximum Gasteiger partial charge on any atom is 0.416 e. The molecule has 2 aromatic carbocycles. The molecule has 162 valence electrons. The first kappa shape index (κ1) is 21.1. The van der Waals surface area contributed by atoms with Crippen LogP contribution < -0.4 is 4.74 Å². The van der Waals surface area contributed by atoms with Crippen LogP contribution in [0.2, 0.25) is 0 Å². The molecule has 6 nitrogen and oxygen atoms in total. The Balaban J connectivity index is 1.93. The fraction of sp³-hybridized carbons (Fsp3) is 0.0870. The fourth-order valence-corrected chi connectivity index (χ4v) is 3.44. The third-order valence-electron chi connectivity index (χ3n) is 4.90. The lowest BCUT2D eigenvalue weighted by atomic mass is 10.0. The average molecular weight is 439 g/mol. The lowest BCUT2D eigenvalue weighted by Gasteiger charge is -2.16. The molecule has 9 heteroatoms. The molecule has 4 rings (SSSR count). The number of alkyl halides is 3. The summed E-state index contributed by atoms with van der Waals surface area (Å²) >= 11 is 0. The molecule has 0 aliphatic carbocycles. The molecule has 2 heterocycles. The van der Waals surface area contributed by atoms with Crippen LogP contribution >= 0.6 is 0 Å². The van der Waals surface area contributed by atoms with Crippen molar-refractivity contribution in [2.24, 2.45) is 0 Å². The van der Waals surface area contributed by atoms with Crippen molar-refractivity contribution in [3.8, 4) is 33.8 Å². The van der Waals surface area contributed by atoms with Crippen LogP contribution in [0.15, 0.2) is 73.4 Å². The van der Waals surface area contributed by atoms with Crippen molar-refractivity contribution in [3.05, 3.63) is 84.6 Å². The van der Waals surface area contributed by atoms with Crippen LogP contribution in [0.3, 0.4) is 0 Å². The van der Waals surface area contributed by atoms with Crippen molar-refractivity contribution >= 4 is 5.97 Å². The second-order valence-electron chi connectivity index (χ2n) is 6.84. The molecule has 0 saturated carbocycles. The number of aromatic nitrogens is 3. The molecule has 0 amide bonds. The van der Waals surface area contributed by atoms with Crippen molar-refractivity contribution in [1.29, 1.82) is 0 Å². The Morgan fingerprint density at radius 3 is 2.53 bits per heavy atom. The summed E-state index contributed by atoms with van der Waals surface area (Å²) in [5.41, 5.74) is 0.811. The third kappa shape index (κ3) is 3.92. The number of pyridine rings is 1. The summed E-state index contributed by atoms with van der Waals surface area (Å²) in [6.45, 7) is 0. The lowest BCUT2D eigenvalue weighted by Crippen LogP contribution is -2.09. The molecule has 0 bridgehead atoms. The van der Waals surface area contributed by atoms with E-state index < -0.39 is 23.3 Å². The molecular formula is C23H16F3N3O3. The Kier molecular flexibility index (Phi) is 5.40. The second kappa shape index (κ2) is 8.18. The van der Waals surface area contributed by atoms with Crippen LogP contribution in [0, 0.1) is 0 Å². The number of benzene rings is 2. The number of para-hydroxylation sites is 1. The van der Waals surface area contributed by atoms with E-state index >= 15 is 0 Å². The van der Waals surface area contributed by atoms with Crippen molar-refractivity contribution in [2.45, 2.75) is 6.18 Å². The van der Waals surface area contributed by atoms with Gasteiger partial charge in [-0.25, -0.2) is 9.78 Å². The number of methoxy groups -OCH3 is 1. The highest BCUT2D eigenvalue weighted by molar-refractivity contribution is 5.90. The first-order valence-corrected chi connectivity index (χ1v) is 9.35. The zero-order valence-corrected chi connectivity index (χ0v) is 16.7. The van der Waals surface area contributed by atoms with Gasteiger partial charge in [-0.05, 0) is 30.3 Å². The first-order valence-electron chi connectivity index (χ1n) is 9.35. The number of carbonyl (C=O) groups is 1. The molecule has 0 atom stereocenters. The number of ether oxygens (including phenoxy) is 1. The standard InChI is InChI=1S/C23H16F3N3O3/c1-32-21-5-3-2-4-18(21)17-6-7-27-12-20(17)29-13-28-11-19(29)14-8-15(22(30)31)10-16(9-14)23(24,25)26/h2-13H,1H3,(H,30,31). The van der Waals surface area contributed by atoms with Gasteiger partial charge in [0.25, 0.3) is 0 Å². The maximum absolute atomic E-state index is 13.4. The minimum absolute atomic E-state index is 0.0598. The van der Waals surface area contributed by atoms with Crippen molar-refractivity contribution in [1.82, 2.24) is 14.5 Å². The van der Waals surface area contributed by atoms with Gasteiger partial charge in [0.15, 0.2) is 0 Å². The van der Waals surface area contributed by atoms with E-state index in [1.165, 1.54) is 18.6 Å². The number of nitrogens with zero attached hydrogens (tertiary/aromatic N) is 3. The molecule has 0 fully saturated rings. The number of carboxylic acids is 1. The fourth-order valence-electron chi connectivity index (χ4n) is 3.44. The molecular weight excluding hydrogens is 423 g/mol. The molecule has 0 aliphatic rings. The van der Waals surface area contributed by atoms with Gasteiger partial charge in [-0.3, -0.25) is 9.55 Å². The highest BCUT2D eigenvalue weighted by Gasteiger charge is 2.32. The molecule has 0 spiro atoms. The van der Waals surface area contributed by atoms with Gasteiger partial charge in [0.2, 0.25) is 0 Å². The Labute approximate surface area is 180 Å². The van der Waals surface area contributed by atoms with Crippen LogP contribution in [0.25, 0.3) is 28.1 Å². The molecule has 0 unspecified atom stereocenters. The van der Waals surface area contributed by atoms with Gasteiger partial charge in [0.05, 0.1) is 48.3 Å². The van der Waals surface area contributed by atoms with Gasteiger partial charge in [0.1, 0.15) is 5.75 Å². The third-order valence-corrected chi connectivity index (χ3v) is 4.90. The van der Waals surface area contributed by atoms with E-state index in [1.54, 1.807) is 36.2 Å². The first-order chi connectivity index (χ1) is 15.3. The van der Waals surface area contributed by atoms with Crippen molar-refractivity contribution in [2.75, 3.05) is 7.11 Å². The van der Waals surface area contributed by atoms with E-state index in [9.17, 15) is 23.1 Å². The zero-order chi connectivity index (χ0) is 22.9. The predicted molar refractivity (Wildman–Crippen MR) is 111 cm³/mol. The maximum atomic E-state index is 13.4. The summed E-state index contributed by atoms with van der Waals surface area (Å²) in [5, 5.41) is 9.32. The summed E-state index contributed by atoms with van der Waals surface area (Å²) in [6.07, 6.45) is 1.25. The Hall–Kier alpha value is -4.14. The average Bonchev–Trinajstić information content (AvgIpc) is 3.28. The minimum atomic E-state index is -4.71. The van der Waals surface area contributed by atoms with Gasteiger partial charge < -0.3 is 9.84 Å². The highest BCUT2D eigenvalue weighted by atomic mass is 19.4. The van der Waals surface area contributed by atoms with Gasteiger partial charge >= 0.3 is 12.1 Å². The normalized spacial score (nSPS) is 11.4. The number of carboxylic acid groups (broad SMARTS) is 1. The molecule has 0 saturated heterocycles. The number of imidazole rings is 1. The zero-order valence-electron chi connectivity index (χ0n) is 16.7. The van der Waals surface area contributed by atoms with E-state index in [2.05, 4.69) is 9.97 Å². The molecule has 0 radical (unpaired) electrons. The molecule has 32 heavy (non-hydrogen) atoms. The van der Waals surface area contributed by atoms with Gasteiger partial charge in [-0.1, -0.05) is 18.2 Å². The van der Waals surface area contributed by atoms with Gasteiger partial charge in [-0.2, -0.15) is 13.2 Å². The summed E-state index contributed by atoms with van der Waals surface area (Å²) < 4.78 is 47.2. The van der Waals surface area contributed by atoms with Crippen molar-refractivity contribution < 1.29 is 27.8 Å². The number of aromatic carboxylic acids is 1. The quantitative estimate of drug-likeness (QED) is 0.455. The summed E-state index contributed by atoms with van der Waals surface area (Å²) in [6, 6.07) is 11.7. The van der Waals surface area contributed by atoms with Crippen LogP contribution in [0.4, 0.5) is 13.2 Å². The van der Waals surface area contributed by atoms with E-state index in [1.807, 2.05) is 18.2 Å². The Bertz CT molecular complexity index is 1300. The summed E-state index contributed by atoms with van der Waals surface area (Å²) in [4.78, 5) is 19.7. The number of hydrogen-bond donors (Lipinski definition) is 1. The second-order valence-corrected chi connectivity index (χ2v) is 6.84. The van der Waals surface area contributed by atoms with Crippen molar-refractivity contribution in [3.63, 3.8) is 0 Å².